The van der Waals surface area contributed by atoms with E-state index in [2.05, 4.69) is 15.4 Å². The smallest absolute Gasteiger partial charge is 0.137 e. The lowest BCUT2D eigenvalue weighted by molar-refractivity contribution is 0.469. The minimum absolute atomic E-state index is 0.288. The summed E-state index contributed by atoms with van der Waals surface area (Å²) in [6.45, 7) is 3.87. The molecule has 20 heavy (non-hydrogen) atoms. The molecule has 3 rings (SSSR count). The van der Waals surface area contributed by atoms with Crippen molar-refractivity contribution in [2.24, 2.45) is 5.84 Å². The number of aryl methyl sites for hydroxylation is 2. The van der Waals surface area contributed by atoms with Crippen LogP contribution in [-0.2, 0) is 0 Å². The number of aromatic nitrogens is 2. The van der Waals surface area contributed by atoms with Crippen molar-refractivity contribution in [2.75, 3.05) is 0 Å². The Morgan fingerprint density at radius 1 is 1.25 bits per heavy atom. The van der Waals surface area contributed by atoms with Crippen molar-refractivity contribution in [1.82, 2.24) is 15.4 Å². The normalized spacial score (nSPS) is 12.8. The zero-order valence-corrected chi connectivity index (χ0v) is 11.4. The van der Waals surface area contributed by atoms with Crippen molar-refractivity contribution in [3.63, 3.8) is 0 Å². The molecule has 0 saturated carbocycles. The van der Waals surface area contributed by atoms with Gasteiger partial charge in [0.05, 0.1) is 5.69 Å². The highest BCUT2D eigenvalue weighted by molar-refractivity contribution is 5.81. The number of hydrogen-bond donors (Lipinski definition) is 2. The molecule has 1 aromatic carbocycles. The molecule has 0 amide bonds. The van der Waals surface area contributed by atoms with E-state index in [1.807, 2.05) is 44.2 Å². The van der Waals surface area contributed by atoms with Crippen LogP contribution in [0.15, 0.2) is 40.9 Å². The summed E-state index contributed by atoms with van der Waals surface area (Å²) in [4.78, 5) is 8.50. The summed E-state index contributed by atoms with van der Waals surface area (Å²) in [6.07, 6.45) is 1.72. The van der Waals surface area contributed by atoms with Crippen molar-refractivity contribution in [3.05, 3.63) is 59.4 Å². The van der Waals surface area contributed by atoms with Gasteiger partial charge in [-0.2, -0.15) is 0 Å². The Labute approximate surface area is 116 Å². The maximum atomic E-state index is 5.94. The SMILES string of the molecule is Cc1nccc(C(NN)c2cc3cccc(C)c3o2)n1. The predicted molar refractivity (Wildman–Crippen MR) is 76.9 cm³/mol. The van der Waals surface area contributed by atoms with Crippen LogP contribution < -0.4 is 11.3 Å². The molecule has 2 heterocycles. The Balaban J connectivity index is 2.09. The number of nitrogens with two attached hydrogens (primary N) is 1. The molecule has 3 aromatic rings. The van der Waals surface area contributed by atoms with Gasteiger partial charge in [-0.25, -0.2) is 15.4 Å². The number of rotatable bonds is 3. The van der Waals surface area contributed by atoms with Crippen LogP contribution in [0.25, 0.3) is 11.0 Å². The molecule has 0 saturated heterocycles. The van der Waals surface area contributed by atoms with E-state index < -0.39 is 0 Å². The van der Waals surface area contributed by atoms with E-state index in [9.17, 15) is 0 Å². The van der Waals surface area contributed by atoms with Crippen molar-refractivity contribution in [3.8, 4) is 0 Å². The highest BCUT2D eigenvalue weighted by Gasteiger charge is 2.19. The molecular formula is C15H16N4O. The molecule has 0 spiro atoms. The van der Waals surface area contributed by atoms with Gasteiger partial charge in [0, 0.05) is 11.6 Å². The fraction of sp³-hybridized carbons (Fsp3) is 0.200. The summed E-state index contributed by atoms with van der Waals surface area (Å²) in [5.41, 5.74) is 5.53. The van der Waals surface area contributed by atoms with Gasteiger partial charge in [0.25, 0.3) is 0 Å². The van der Waals surface area contributed by atoms with Gasteiger partial charge < -0.3 is 4.42 Å². The van der Waals surface area contributed by atoms with E-state index in [1.54, 1.807) is 6.20 Å². The zero-order chi connectivity index (χ0) is 14.1. The van der Waals surface area contributed by atoms with Gasteiger partial charge in [-0.05, 0) is 31.5 Å². The van der Waals surface area contributed by atoms with E-state index >= 15 is 0 Å². The number of hydrogen-bond acceptors (Lipinski definition) is 5. The Morgan fingerprint density at radius 3 is 2.80 bits per heavy atom. The van der Waals surface area contributed by atoms with E-state index in [0.29, 0.717) is 5.82 Å². The van der Waals surface area contributed by atoms with Crippen molar-refractivity contribution >= 4 is 11.0 Å². The summed E-state index contributed by atoms with van der Waals surface area (Å²) < 4.78 is 5.94. The number of benzene rings is 1. The molecule has 3 N–H and O–H groups in total. The minimum Gasteiger partial charge on any atom is -0.459 e. The standard InChI is InChI=1S/C15H16N4O/c1-9-4-3-5-11-8-13(20-15(9)11)14(19-16)12-6-7-17-10(2)18-12/h3-8,14,19H,16H2,1-2H3. The first-order valence-electron chi connectivity index (χ1n) is 6.44. The largest absolute Gasteiger partial charge is 0.459 e. The summed E-state index contributed by atoms with van der Waals surface area (Å²) in [7, 11) is 0. The maximum Gasteiger partial charge on any atom is 0.137 e. The number of nitrogens with zero attached hydrogens (tertiary/aromatic N) is 2. The molecule has 0 aliphatic rings. The van der Waals surface area contributed by atoms with Crippen LogP contribution in [0, 0.1) is 13.8 Å². The first-order chi connectivity index (χ1) is 9.69. The summed E-state index contributed by atoms with van der Waals surface area (Å²) in [5, 5.41) is 1.06. The molecule has 1 unspecified atom stereocenters. The van der Waals surface area contributed by atoms with E-state index in [1.165, 1.54) is 0 Å². The topological polar surface area (TPSA) is 77.0 Å². The maximum absolute atomic E-state index is 5.94. The van der Waals surface area contributed by atoms with Gasteiger partial charge in [0.1, 0.15) is 23.2 Å². The van der Waals surface area contributed by atoms with Crippen LogP contribution in [0.5, 0.6) is 0 Å². The number of furan rings is 1. The number of para-hydroxylation sites is 1. The molecule has 0 bridgehead atoms. The molecule has 5 heteroatoms. The third-order valence-electron chi connectivity index (χ3n) is 3.30. The average molecular weight is 268 g/mol. The second-order valence-corrected chi connectivity index (χ2v) is 4.77. The van der Waals surface area contributed by atoms with Crippen molar-refractivity contribution in [2.45, 2.75) is 19.9 Å². The third-order valence-corrected chi connectivity index (χ3v) is 3.30. The van der Waals surface area contributed by atoms with Gasteiger partial charge in [0.2, 0.25) is 0 Å². The van der Waals surface area contributed by atoms with E-state index in [4.69, 9.17) is 10.3 Å². The van der Waals surface area contributed by atoms with Crippen molar-refractivity contribution in [1.29, 1.82) is 0 Å². The number of fused-ring (bicyclic) bond motifs is 1. The Bertz CT molecular complexity index is 750. The van der Waals surface area contributed by atoms with E-state index in [0.717, 1.165) is 28.0 Å². The number of nitrogens with one attached hydrogen (secondary N) is 1. The Kier molecular flexibility index (Phi) is 3.22. The fourth-order valence-electron chi connectivity index (χ4n) is 2.32. The van der Waals surface area contributed by atoms with Gasteiger partial charge in [0.15, 0.2) is 0 Å². The molecule has 0 radical (unpaired) electrons. The van der Waals surface area contributed by atoms with Gasteiger partial charge in [-0.3, -0.25) is 5.84 Å². The lowest BCUT2D eigenvalue weighted by Gasteiger charge is -2.12. The van der Waals surface area contributed by atoms with Gasteiger partial charge >= 0.3 is 0 Å². The van der Waals surface area contributed by atoms with Crippen LogP contribution in [0.3, 0.4) is 0 Å². The highest BCUT2D eigenvalue weighted by atomic mass is 16.3. The Hall–Kier alpha value is -2.24. The lowest BCUT2D eigenvalue weighted by Crippen LogP contribution is -2.29. The summed E-state index contributed by atoms with van der Waals surface area (Å²) in [6, 6.07) is 9.59. The van der Waals surface area contributed by atoms with Crippen LogP contribution in [0.2, 0.25) is 0 Å². The molecule has 0 aliphatic heterocycles. The first kappa shape index (κ1) is 12.8. The number of hydrazine groups is 1. The molecule has 1 atom stereocenters. The van der Waals surface area contributed by atoms with Gasteiger partial charge in [-0.1, -0.05) is 18.2 Å². The summed E-state index contributed by atoms with van der Waals surface area (Å²) >= 11 is 0. The fourth-order valence-corrected chi connectivity index (χ4v) is 2.32. The van der Waals surface area contributed by atoms with Crippen LogP contribution >= 0.6 is 0 Å². The van der Waals surface area contributed by atoms with E-state index in [-0.39, 0.29) is 6.04 Å². The Morgan fingerprint density at radius 2 is 2.10 bits per heavy atom. The molecule has 0 aliphatic carbocycles. The zero-order valence-electron chi connectivity index (χ0n) is 11.4. The second-order valence-electron chi connectivity index (χ2n) is 4.77. The average Bonchev–Trinajstić information content (AvgIpc) is 2.85. The lowest BCUT2D eigenvalue weighted by atomic mass is 10.1. The van der Waals surface area contributed by atoms with Crippen LogP contribution in [-0.4, -0.2) is 9.97 Å². The van der Waals surface area contributed by atoms with Crippen molar-refractivity contribution < 1.29 is 4.42 Å². The molecule has 2 aromatic heterocycles. The quantitative estimate of drug-likeness (QED) is 0.563. The van der Waals surface area contributed by atoms with Crippen LogP contribution in [0.4, 0.5) is 0 Å². The highest BCUT2D eigenvalue weighted by Crippen LogP contribution is 2.28. The van der Waals surface area contributed by atoms with Gasteiger partial charge in [-0.15, -0.1) is 0 Å². The molecular weight excluding hydrogens is 252 g/mol. The second kappa shape index (κ2) is 5.03. The predicted octanol–water partition coefficient (Wildman–Crippen LogP) is 2.39. The monoisotopic (exact) mass is 268 g/mol. The molecule has 102 valence electrons. The minimum atomic E-state index is -0.288. The first-order valence-corrected chi connectivity index (χ1v) is 6.44. The molecule has 0 fully saturated rings. The third kappa shape index (κ3) is 2.17. The summed E-state index contributed by atoms with van der Waals surface area (Å²) in [5.74, 6) is 7.13. The molecule has 5 nitrogen and oxygen atoms in total. The van der Waals surface area contributed by atoms with Crippen LogP contribution in [0.1, 0.15) is 28.9 Å².